The molecule has 1 aliphatic rings. The zero-order valence-electron chi connectivity index (χ0n) is 16.8. The Bertz CT molecular complexity index is 859. The molecule has 1 fully saturated rings. The number of aromatic nitrogens is 1. The summed E-state index contributed by atoms with van der Waals surface area (Å²) in [5, 5.41) is 8.73. The number of hydrogen-bond acceptors (Lipinski definition) is 4. The van der Waals surface area contributed by atoms with E-state index < -0.39 is 17.6 Å². The molecule has 5 nitrogen and oxygen atoms in total. The minimum absolute atomic E-state index is 0.0531. The van der Waals surface area contributed by atoms with Crippen LogP contribution >= 0.6 is 0 Å². The van der Waals surface area contributed by atoms with Gasteiger partial charge in [0.05, 0.1) is 0 Å². The van der Waals surface area contributed by atoms with Gasteiger partial charge in [0, 0.05) is 31.8 Å². The summed E-state index contributed by atoms with van der Waals surface area (Å²) in [7, 11) is 1.55. The molecule has 1 saturated carbocycles. The molecule has 0 atom stereocenters. The molecule has 1 aromatic heterocycles. The van der Waals surface area contributed by atoms with Crippen molar-refractivity contribution < 1.29 is 23.4 Å². The Morgan fingerprint density at radius 3 is 2.52 bits per heavy atom. The fourth-order valence-electron chi connectivity index (χ4n) is 3.69. The van der Waals surface area contributed by atoms with Crippen LogP contribution in [0.5, 0.6) is 5.88 Å². The van der Waals surface area contributed by atoms with Crippen molar-refractivity contribution in [1.82, 2.24) is 4.98 Å². The van der Waals surface area contributed by atoms with Crippen molar-refractivity contribution in [1.29, 1.82) is 0 Å². The van der Waals surface area contributed by atoms with Crippen LogP contribution in [0.1, 0.15) is 44.1 Å². The van der Waals surface area contributed by atoms with E-state index in [0.29, 0.717) is 23.4 Å². The van der Waals surface area contributed by atoms with Crippen molar-refractivity contribution in [2.24, 2.45) is 0 Å². The van der Waals surface area contributed by atoms with Gasteiger partial charge in [0.15, 0.2) is 0 Å². The highest BCUT2D eigenvalue weighted by Crippen LogP contribution is 2.35. The lowest BCUT2D eigenvalue weighted by atomic mass is 10.0. The van der Waals surface area contributed by atoms with E-state index in [1.54, 1.807) is 13.2 Å². The van der Waals surface area contributed by atoms with Crippen LogP contribution in [0, 0.1) is 18.6 Å². The van der Waals surface area contributed by atoms with Gasteiger partial charge < -0.3 is 14.7 Å². The maximum Gasteiger partial charge on any atom is 0.303 e. The lowest BCUT2D eigenvalue weighted by Gasteiger charge is -2.21. The van der Waals surface area contributed by atoms with E-state index in [4.69, 9.17) is 9.84 Å². The van der Waals surface area contributed by atoms with Gasteiger partial charge in [0.2, 0.25) is 5.88 Å². The van der Waals surface area contributed by atoms with Gasteiger partial charge in [-0.05, 0) is 68.4 Å². The van der Waals surface area contributed by atoms with Gasteiger partial charge in [0.25, 0.3) is 0 Å². The summed E-state index contributed by atoms with van der Waals surface area (Å²) in [4.78, 5) is 16.4. The Balaban J connectivity index is 1.88. The number of rotatable bonds is 8. The number of carboxylic acids is 1. The molecule has 1 aliphatic carbocycles. The molecule has 0 amide bonds. The first kappa shape index (κ1) is 21.0. The lowest BCUT2D eigenvalue weighted by molar-refractivity contribution is -0.137. The van der Waals surface area contributed by atoms with Gasteiger partial charge in [-0.1, -0.05) is 0 Å². The minimum atomic E-state index is -0.934. The summed E-state index contributed by atoms with van der Waals surface area (Å²) in [6, 6.07) is 4.38. The highest BCUT2D eigenvalue weighted by Gasteiger charge is 2.22. The summed E-state index contributed by atoms with van der Waals surface area (Å²) < 4.78 is 35.6. The first-order chi connectivity index (χ1) is 13.8. The minimum Gasteiger partial charge on any atom is -0.481 e. The maximum atomic E-state index is 14.8. The maximum absolute atomic E-state index is 14.8. The van der Waals surface area contributed by atoms with Gasteiger partial charge in [0.1, 0.15) is 23.4 Å². The predicted octanol–water partition coefficient (Wildman–Crippen LogP) is 4.96. The van der Waals surface area contributed by atoms with Crippen molar-refractivity contribution in [3.63, 3.8) is 0 Å². The van der Waals surface area contributed by atoms with Gasteiger partial charge in [-0.25, -0.2) is 13.8 Å². The van der Waals surface area contributed by atoms with E-state index in [0.717, 1.165) is 31.2 Å². The smallest absolute Gasteiger partial charge is 0.303 e. The molecule has 0 aliphatic heterocycles. The standard InChI is InChI=1S/C22H26F2N2O3/c1-14-10-17(22(25-13-14)29-16-6-3-4-7-16)15-11-18(23)21(19(24)12-15)26(2)9-5-8-20(27)28/h10-13,16H,3-9H2,1-2H3,(H,27,28). The van der Waals surface area contributed by atoms with Crippen molar-refractivity contribution in [2.45, 2.75) is 51.6 Å². The molecule has 0 spiro atoms. The summed E-state index contributed by atoms with van der Waals surface area (Å²) in [6.45, 7) is 2.11. The zero-order valence-corrected chi connectivity index (χ0v) is 16.8. The molecule has 1 N–H and O–H groups in total. The van der Waals surface area contributed by atoms with E-state index in [1.807, 2.05) is 13.0 Å². The topological polar surface area (TPSA) is 62.7 Å². The van der Waals surface area contributed by atoms with Crippen LogP contribution in [0.15, 0.2) is 24.4 Å². The van der Waals surface area contributed by atoms with Crippen LogP contribution in [0.4, 0.5) is 14.5 Å². The van der Waals surface area contributed by atoms with Crippen LogP contribution in [0.2, 0.25) is 0 Å². The monoisotopic (exact) mass is 404 g/mol. The SMILES string of the molecule is Cc1cnc(OC2CCCC2)c(-c2cc(F)c(N(C)CCCC(=O)O)c(F)c2)c1. The van der Waals surface area contributed by atoms with E-state index in [1.165, 1.54) is 17.0 Å². The molecular weight excluding hydrogens is 378 g/mol. The quantitative estimate of drug-likeness (QED) is 0.674. The Labute approximate surface area is 169 Å². The molecule has 7 heteroatoms. The predicted molar refractivity (Wildman–Crippen MR) is 107 cm³/mol. The molecule has 0 saturated heterocycles. The van der Waals surface area contributed by atoms with Crippen molar-refractivity contribution >= 4 is 11.7 Å². The molecule has 2 aromatic rings. The fourth-order valence-corrected chi connectivity index (χ4v) is 3.69. The molecule has 0 radical (unpaired) electrons. The number of benzene rings is 1. The highest BCUT2D eigenvalue weighted by atomic mass is 19.1. The number of ether oxygens (including phenoxy) is 1. The summed E-state index contributed by atoms with van der Waals surface area (Å²) in [5.74, 6) is -1.95. The van der Waals surface area contributed by atoms with Crippen LogP contribution in [0.3, 0.4) is 0 Å². The van der Waals surface area contributed by atoms with Gasteiger partial charge >= 0.3 is 5.97 Å². The molecule has 0 bridgehead atoms. The average Bonchev–Trinajstić information content (AvgIpc) is 3.15. The highest BCUT2D eigenvalue weighted by molar-refractivity contribution is 5.72. The molecule has 156 valence electrons. The second kappa shape index (κ2) is 9.20. The molecule has 1 aromatic carbocycles. The second-order valence-electron chi connectivity index (χ2n) is 7.60. The third-order valence-electron chi connectivity index (χ3n) is 5.16. The van der Waals surface area contributed by atoms with E-state index in [-0.39, 0.29) is 24.8 Å². The molecule has 29 heavy (non-hydrogen) atoms. The number of carboxylic acid groups (broad SMARTS) is 1. The lowest BCUT2D eigenvalue weighted by Crippen LogP contribution is -2.22. The Morgan fingerprint density at radius 2 is 1.90 bits per heavy atom. The summed E-state index contributed by atoms with van der Waals surface area (Å²) in [6.07, 6.45) is 6.14. The third kappa shape index (κ3) is 5.22. The van der Waals surface area contributed by atoms with E-state index in [9.17, 15) is 13.6 Å². The van der Waals surface area contributed by atoms with Crippen molar-refractivity contribution in [3.05, 3.63) is 41.6 Å². The first-order valence-electron chi connectivity index (χ1n) is 9.91. The van der Waals surface area contributed by atoms with E-state index in [2.05, 4.69) is 4.98 Å². The Morgan fingerprint density at radius 1 is 1.24 bits per heavy atom. The normalized spacial score (nSPS) is 14.2. The van der Waals surface area contributed by atoms with Crippen LogP contribution in [0.25, 0.3) is 11.1 Å². The van der Waals surface area contributed by atoms with Gasteiger partial charge in [-0.2, -0.15) is 0 Å². The number of nitrogens with zero attached hydrogens (tertiary/aromatic N) is 2. The van der Waals surface area contributed by atoms with Gasteiger partial charge in [-0.3, -0.25) is 4.79 Å². The van der Waals surface area contributed by atoms with E-state index >= 15 is 0 Å². The third-order valence-corrected chi connectivity index (χ3v) is 5.16. The molecule has 1 heterocycles. The fraction of sp³-hybridized carbons (Fsp3) is 0.455. The number of pyridine rings is 1. The number of halogens is 2. The molecule has 0 unspecified atom stereocenters. The van der Waals surface area contributed by atoms with Crippen molar-refractivity contribution in [2.75, 3.05) is 18.5 Å². The Hall–Kier alpha value is -2.70. The number of anilines is 1. The largest absolute Gasteiger partial charge is 0.481 e. The van der Waals surface area contributed by atoms with Crippen LogP contribution in [-0.4, -0.2) is 35.8 Å². The number of aryl methyl sites for hydroxylation is 1. The zero-order chi connectivity index (χ0) is 21.0. The molecule has 3 rings (SSSR count). The van der Waals surface area contributed by atoms with Crippen LogP contribution in [-0.2, 0) is 4.79 Å². The average molecular weight is 404 g/mol. The van der Waals surface area contributed by atoms with Gasteiger partial charge in [-0.15, -0.1) is 0 Å². The molecular formula is C22H26F2N2O3. The number of hydrogen-bond donors (Lipinski definition) is 1. The summed E-state index contributed by atoms with van der Waals surface area (Å²) in [5.41, 5.74) is 1.63. The number of carbonyl (C=O) groups is 1. The Kier molecular flexibility index (Phi) is 6.67. The van der Waals surface area contributed by atoms with Crippen molar-refractivity contribution in [3.8, 4) is 17.0 Å². The number of aliphatic carboxylic acids is 1. The second-order valence-corrected chi connectivity index (χ2v) is 7.60. The summed E-state index contributed by atoms with van der Waals surface area (Å²) >= 11 is 0. The van der Waals surface area contributed by atoms with Crippen LogP contribution < -0.4 is 9.64 Å². The first-order valence-corrected chi connectivity index (χ1v) is 9.91.